The lowest BCUT2D eigenvalue weighted by molar-refractivity contribution is -0.159. The van der Waals surface area contributed by atoms with E-state index < -0.39 is 11.6 Å². The number of likely N-dealkylation sites (tertiary alicyclic amines) is 1. The number of urea groups is 1. The summed E-state index contributed by atoms with van der Waals surface area (Å²) in [6.45, 7) is 2.79. The van der Waals surface area contributed by atoms with Crippen LogP contribution in [0.25, 0.3) is 0 Å². The van der Waals surface area contributed by atoms with Crippen molar-refractivity contribution in [2.45, 2.75) is 25.4 Å². The van der Waals surface area contributed by atoms with Crippen LogP contribution in [0.4, 0.5) is 4.79 Å². The Kier molecular flexibility index (Phi) is 4.73. The fraction of sp³-hybridized carbons (Fsp3) is 0.667. The van der Waals surface area contributed by atoms with Gasteiger partial charge in [-0.2, -0.15) is 5.10 Å². The van der Waals surface area contributed by atoms with E-state index in [1.807, 2.05) is 0 Å². The lowest BCUT2D eigenvalue weighted by Crippen LogP contribution is -2.65. The Hall–Kier alpha value is -2.16. The molecule has 1 aliphatic heterocycles. The maximum Gasteiger partial charge on any atom is 0.329 e. The van der Waals surface area contributed by atoms with E-state index >= 15 is 0 Å². The standard InChI is InChI=1S/C12H19N5O4/c1-12(21-5-10(18)19)6-17(7-12)11(20)13-4-2-3-9-14-8-15-16-9/h8H,2-7H2,1H3,(H,13,20)(H,18,19)(H,14,15,16). The third-order valence-electron chi connectivity index (χ3n) is 3.21. The number of ether oxygens (including phenoxy) is 1. The number of aromatic amines is 1. The number of amides is 2. The van der Waals surface area contributed by atoms with E-state index in [-0.39, 0.29) is 12.6 Å². The van der Waals surface area contributed by atoms with Gasteiger partial charge in [-0.15, -0.1) is 0 Å². The van der Waals surface area contributed by atoms with E-state index in [2.05, 4.69) is 20.5 Å². The number of rotatable bonds is 7. The van der Waals surface area contributed by atoms with Crippen molar-refractivity contribution in [2.24, 2.45) is 0 Å². The van der Waals surface area contributed by atoms with Gasteiger partial charge in [0.25, 0.3) is 0 Å². The van der Waals surface area contributed by atoms with Crippen LogP contribution in [0.1, 0.15) is 19.2 Å². The number of aromatic nitrogens is 3. The Bertz CT molecular complexity index is 484. The van der Waals surface area contributed by atoms with Crippen LogP contribution in [0.15, 0.2) is 6.33 Å². The third-order valence-corrected chi connectivity index (χ3v) is 3.21. The molecular weight excluding hydrogens is 278 g/mol. The summed E-state index contributed by atoms with van der Waals surface area (Å²) in [6.07, 6.45) is 2.94. The fourth-order valence-electron chi connectivity index (χ4n) is 2.15. The second-order valence-electron chi connectivity index (χ2n) is 5.26. The Morgan fingerprint density at radius 1 is 1.57 bits per heavy atom. The summed E-state index contributed by atoms with van der Waals surface area (Å²) in [7, 11) is 0. The Balaban J connectivity index is 1.59. The van der Waals surface area contributed by atoms with Gasteiger partial charge in [0.05, 0.1) is 13.1 Å². The van der Waals surface area contributed by atoms with Crippen molar-refractivity contribution in [3.63, 3.8) is 0 Å². The molecule has 2 amide bonds. The zero-order valence-corrected chi connectivity index (χ0v) is 11.8. The molecule has 0 spiro atoms. The molecule has 0 radical (unpaired) electrons. The number of aryl methyl sites for hydroxylation is 1. The first-order valence-electron chi connectivity index (χ1n) is 6.71. The van der Waals surface area contributed by atoms with Gasteiger partial charge >= 0.3 is 12.0 Å². The quantitative estimate of drug-likeness (QED) is 0.590. The molecule has 1 aromatic heterocycles. The van der Waals surface area contributed by atoms with E-state index in [1.165, 1.54) is 6.33 Å². The first kappa shape index (κ1) is 15.2. The summed E-state index contributed by atoms with van der Waals surface area (Å²) < 4.78 is 5.24. The van der Waals surface area contributed by atoms with Gasteiger partial charge in [0.2, 0.25) is 0 Å². The third kappa shape index (κ3) is 4.42. The van der Waals surface area contributed by atoms with Crippen LogP contribution in [0.2, 0.25) is 0 Å². The van der Waals surface area contributed by atoms with Crippen molar-refractivity contribution in [3.05, 3.63) is 12.2 Å². The van der Waals surface area contributed by atoms with Crippen molar-refractivity contribution < 1.29 is 19.4 Å². The summed E-state index contributed by atoms with van der Waals surface area (Å²) in [6, 6.07) is -0.163. The van der Waals surface area contributed by atoms with Crippen molar-refractivity contribution in [2.75, 3.05) is 26.2 Å². The highest BCUT2D eigenvalue weighted by Crippen LogP contribution is 2.24. The fourth-order valence-corrected chi connectivity index (χ4v) is 2.15. The van der Waals surface area contributed by atoms with Crippen LogP contribution in [-0.2, 0) is 16.0 Å². The highest BCUT2D eigenvalue weighted by Gasteiger charge is 2.42. The van der Waals surface area contributed by atoms with Crippen LogP contribution in [0, 0.1) is 0 Å². The molecule has 2 heterocycles. The molecule has 9 heteroatoms. The number of aliphatic carboxylic acids is 1. The highest BCUT2D eigenvalue weighted by atomic mass is 16.5. The first-order chi connectivity index (χ1) is 9.98. The number of carboxylic acid groups (broad SMARTS) is 1. The Labute approximate surface area is 121 Å². The molecule has 1 saturated heterocycles. The molecule has 0 atom stereocenters. The van der Waals surface area contributed by atoms with E-state index in [9.17, 15) is 9.59 Å². The van der Waals surface area contributed by atoms with Gasteiger partial charge < -0.3 is 20.1 Å². The van der Waals surface area contributed by atoms with E-state index in [0.29, 0.717) is 19.6 Å². The maximum absolute atomic E-state index is 11.8. The second-order valence-corrected chi connectivity index (χ2v) is 5.26. The van der Waals surface area contributed by atoms with Crippen molar-refractivity contribution in [1.82, 2.24) is 25.4 Å². The molecule has 2 rings (SSSR count). The summed E-state index contributed by atoms with van der Waals surface area (Å²) in [4.78, 5) is 27.9. The summed E-state index contributed by atoms with van der Waals surface area (Å²) in [5, 5.41) is 17.9. The molecule has 116 valence electrons. The molecule has 0 unspecified atom stereocenters. The van der Waals surface area contributed by atoms with E-state index in [0.717, 1.165) is 18.7 Å². The smallest absolute Gasteiger partial charge is 0.329 e. The number of carboxylic acids is 1. The van der Waals surface area contributed by atoms with Gasteiger partial charge in [-0.1, -0.05) is 0 Å². The summed E-state index contributed by atoms with van der Waals surface area (Å²) >= 11 is 0. The lowest BCUT2D eigenvalue weighted by atomic mass is 9.97. The molecule has 0 aromatic carbocycles. The predicted octanol–water partition coefficient (Wildman–Crippen LogP) is -0.378. The van der Waals surface area contributed by atoms with Gasteiger partial charge in [0.1, 0.15) is 24.4 Å². The van der Waals surface area contributed by atoms with Crippen LogP contribution in [-0.4, -0.2) is 69.0 Å². The Morgan fingerprint density at radius 3 is 2.95 bits per heavy atom. The molecule has 0 saturated carbocycles. The zero-order valence-electron chi connectivity index (χ0n) is 11.8. The molecule has 3 N–H and O–H groups in total. The van der Waals surface area contributed by atoms with Crippen molar-refractivity contribution in [1.29, 1.82) is 0 Å². The van der Waals surface area contributed by atoms with Crippen molar-refractivity contribution >= 4 is 12.0 Å². The topological polar surface area (TPSA) is 120 Å². The van der Waals surface area contributed by atoms with Gasteiger partial charge in [0.15, 0.2) is 0 Å². The maximum atomic E-state index is 11.8. The summed E-state index contributed by atoms with van der Waals surface area (Å²) in [5.74, 6) is -0.214. The normalized spacial score (nSPS) is 16.3. The number of hydrogen-bond donors (Lipinski definition) is 3. The van der Waals surface area contributed by atoms with Crippen LogP contribution in [0.3, 0.4) is 0 Å². The van der Waals surface area contributed by atoms with Gasteiger partial charge in [-0.05, 0) is 13.3 Å². The number of hydrogen-bond acceptors (Lipinski definition) is 5. The first-order valence-corrected chi connectivity index (χ1v) is 6.71. The monoisotopic (exact) mass is 297 g/mol. The molecule has 1 aromatic rings. The Morgan fingerprint density at radius 2 is 2.33 bits per heavy atom. The molecule has 0 aliphatic carbocycles. The molecule has 1 aliphatic rings. The molecular formula is C12H19N5O4. The minimum Gasteiger partial charge on any atom is -0.480 e. The SMILES string of the molecule is CC1(OCC(=O)O)CN(C(=O)NCCCc2ncn[nH]2)C1. The zero-order chi connectivity index (χ0) is 15.3. The molecule has 9 nitrogen and oxygen atoms in total. The van der Waals surface area contributed by atoms with Gasteiger partial charge in [0, 0.05) is 13.0 Å². The minimum absolute atomic E-state index is 0.163. The number of H-pyrrole nitrogens is 1. The molecule has 21 heavy (non-hydrogen) atoms. The van der Waals surface area contributed by atoms with E-state index in [1.54, 1.807) is 11.8 Å². The number of carbonyl (C=O) groups excluding carboxylic acids is 1. The second kappa shape index (κ2) is 6.53. The number of carbonyl (C=O) groups is 2. The molecule has 1 fully saturated rings. The highest BCUT2D eigenvalue weighted by molar-refractivity contribution is 5.75. The lowest BCUT2D eigenvalue weighted by Gasteiger charge is -2.46. The summed E-state index contributed by atoms with van der Waals surface area (Å²) in [5.41, 5.74) is -0.560. The minimum atomic E-state index is -1.01. The molecule has 0 bridgehead atoms. The largest absolute Gasteiger partial charge is 0.480 e. The van der Waals surface area contributed by atoms with Gasteiger partial charge in [-0.3, -0.25) is 5.10 Å². The van der Waals surface area contributed by atoms with Crippen LogP contribution >= 0.6 is 0 Å². The number of nitrogens with zero attached hydrogens (tertiary/aromatic N) is 3. The number of nitrogens with one attached hydrogen (secondary N) is 2. The van der Waals surface area contributed by atoms with Crippen LogP contribution in [0.5, 0.6) is 0 Å². The predicted molar refractivity (Wildman–Crippen MR) is 71.7 cm³/mol. The average Bonchev–Trinajstić information content (AvgIpc) is 2.91. The van der Waals surface area contributed by atoms with Crippen molar-refractivity contribution in [3.8, 4) is 0 Å². The van der Waals surface area contributed by atoms with Gasteiger partial charge in [-0.25, -0.2) is 14.6 Å². The van der Waals surface area contributed by atoms with Crippen LogP contribution < -0.4 is 5.32 Å². The van der Waals surface area contributed by atoms with E-state index in [4.69, 9.17) is 9.84 Å². The average molecular weight is 297 g/mol.